The fraction of sp³-hybridized carbons (Fsp3) is 0.477. The number of hydrogen-bond donors (Lipinski definition) is 7. The molecular formula is C44H52N2O17. The average molecular weight is 881 g/mol. The van der Waals surface area contributed by atoms with E-state index in [1.54, 1.807) is 32.9 Å². The van der Waals surface area contributed by atoms with Crippen LogP contribution >= 0.6 is 0 Å². The molecule has 3 aromatic carbocycles. The zero-order chi connectivity index (χ0) is 45.7. The molecule has 3 aromatic rings. The highest BCUT2D eigenvalue weighted by molar-refractivity contribution is 6.31. The van der Waals surface area contributed by atoms with Crippen molar-refractivity contribution in [3.63, 3.8) is 0 Å². The summed E-state index contributed by atoms with van der Waals surface area (Å²) in [5.74, 6) is -4.20. The zero-order valence-electron chi connectivity index (χ0n) is 35.3. The van der Waals surface area contributed by atoms with Gasteiger partial charge in [-0.25, -0.2) is 4.79 Å². The van der Waals surface area contributed by atoms with E-state index in [0.29, 0.717) is 22.4 Å². The maximum Gasteiger partial charge on any atom is 0.407 e. The van der Waals surface area contributed by atoms with E-state index in [4.69, 9.17) is 44.0 Å². The monoisotopic (exact) mass is 880 g/mol. The van der Waals surface area contributed by atoms with Crippen LogP contribution < -0.4 is 20.5 Å². The Morgan fingerprint density at radius 3 is 2.32 bits per heavy atom. The second-order valence-electron chi connectivity index (χ2n) is 15.7. The number of nitrogens with two attached hydrogens (primary N) is 1. The number of alkyl carbamates (subject to hydrolysis) is 1. The van der Waals surface area contributed by atoms with E-state index in [2.05, 4.69) is 5.32 Å². The van der Waals surface area contributed by atoms with Gasteiger partial charge in [-0.2, -0.15) is 0 Å². The number of carbonyl (C=O) groups is 5. The lowest BCUT2D eigenvalue weighted by atomic mass is 9.71. The van der Waals surface area contributed by atoms with Crippen LogP contribution in [0.15, 0.2) is 30.3 Å². The molecule has 8 N–H and O–H groups in total. The molecule has 19 heteroatoms. The van der Waals surface area contributed by atoms with Crippen molar-refractivity contribution in [3.05, 3.63) is 80.4 Å². The Labute approximate surface area is 361 Å². The Morgan fingerprint density at radius 1 is 0.968 bits per heavy atom. The first-order chi connectivity index (χ1) is 30.0. The van der Waals surface area contributed by atoms with Gasteiger partial charge in [0.15, 0.2) is 17.9 Å². The molecule has 1 saturated heterocycles. The Morgan fingerprint density at radius 2 is 1.65 bits per heavy atom. The van der Waals surface area contributed by atoms with Crippen LogP contribution in [0.2, 0.25) is 0 Å². The molecule has 6 atom stereocenters. The third-order valence-electron chi connectivity index (χ3n) is 11.2. The number of aryl methyl sites for hydroxylation is 2. The molecule has 19 nitrogen and oxygen atoms in total. The van der Waals surface area contributed by atoms with Crippen molar-refractivity contribution in [1.82, 2.24) is 5.32 Å². The first-order valence-electron chi connectivity index (χ1n) is 20.3. The molecule has 0 saturated carbocycles. The Balaban J connectivity index is 1.16. The lowest BCUT2D eigenvalue weighted by Gasteiger charge is -2.42. The minimum Gasteiger partial charge on any atom is -0.507 e. The van der Waals surface area contributed by atoms with Crippen molar-refractivity contribution in [2.24, 2.45) is 5.73 Å². The summed E-state index contributed by atoms with van der Waals surface area (Å²) in [4.78, 5) is 67.1. The summed E-state index contributed by atoms with van der Waals surface area (Å²) < 4.78 is 38.7. The van der Waals surface area contributed by atoms with E-state index in [-0.39, 0.29) is 80.5 Å². The minimum absolute atomic E-state index is 0.0107. The van der Waals surface area contributed by atoms with E-state index in [9.17, 15) is 44.4 Å². The number of esters is 1. The number of amides is 1. The summed E-state index contributed by atoms with van der Waals surface area (Å²) in [5, 5.41) is 57.1. The number of fused-ring (bicyclic) bond motifs is 3. The normalized spacial score (nSPS) is 22.7. The third-order valence-corrected chi connectivity index (χ3v) is 11.2. The van der Waals surface area contributed by atoms with Gasteiger partial charge in [0.25, 0.3) is 0 Å². The molecule has 1 amide bonds. The number of phenolic OH excluding ortho intramolecular Hbond substituents is 2. The Kier molecular flexibility index (Phi) is 14.8. The summed E-state index contributed by atoms with van der Waals surface area (Å²) in [5.41, 5.74) is 3.73. The molecule has 1 fully saturated rings. The van der Waals surface area contributed by atoms with Crippen LogP contribution in [-0.2, 0) is 46.3 Å². The molecule has 1 aliphatic heterocycles. The van der Waals surface area contributed by atoms with Gasteiger partial charge in [0.2, 0.25) is 5.78 Å². The van der Waals surface area contributed by atoms with Gasteiger partial charge in [0, 0.05) is 42.0 Å². The lowest BCUT2D eigenvalue weighted by Crippen LogP contribution is -2.53. The first kappa shape index (κ1) is 47.0. The summed E-state index contributed by atoms with van der Waals surface area (Å²) >= 11 is 0. The Hall–Kier alpha value is -5.51. The number of aliphatic hydroxyl groups excluding tert-OH is 2. The van der Waals surface area contributed by atoms with E-state index < -0.39 is 108 Å². The number of rotatable bonds is 17. The van der Waals surface area contributed by atoms with Crippen LogP contribution in [0.25, 0.3) is 0 Å². The van der Waals surface area contributed by atoms with Gasteiger partial charge in [-0.3, -0.25) is 19.2 Å². The molecule has 0 aromatic heterocycles. The average Bonchev–Trinajstić information content (AvgIpc) is 3.24. The van der Waals surface area contributed by atoms with Crippen LogP contribution in [0.5, 0.6) is 23.0 Å². The van der Waals surface area contributed by atoms with Crippen LogP contribution in [0, 0.1) is 13.8 Å². The van der Waals surface area contributed by atoms with Gasteiger partial charge >= 0.3 is 12.1 Å². The highest BCUT2D eigenvalue weighted by atomic mass is 16.7. The molecule has 3 aliphatic rings. The maximum atomic E-state index is 14.0. The summed E-state index contributed by atoms with van der Waals surface area (Å²) in [6.45, 7) is 4.72. The number of ether oxygens (including phenoxy) is 7. The number of hydrogen-bond acceptors (Lipinski definition) is 18. The van der Waals surface area contributed by atoms with E-state index in [0.717, 1.165) is 0 Å². The molecule has 2 aliphatic carbocycles. The number of phenols is 2. The number of ketones is 3. The van der Waals surface area contributed by atoms with Crippen LogP contribution in [0.1, 0.15) is 92.0 Å². The molecule has 0 radical (unpaired) electrons. The first-order valence-corrected chi connectivity index (χ1v) is 20.3. The molecule has 4 unspecified atom stereocenters. The SMILES string of the molecule is COc1cccc2c1C(=O)c1c(O)c3c(c(O)c1C2=O)C[C@@](O)(C(=O)CNC(=O)OCc1cc(C)c(OC(=O)CCOCCOCCO)c(C)c1)C[C@@H]3OC1CC(N)C(O)C(C)O1. The van der Waals surface area contributed by atoms with Crippen molar-refractivity contribution in [2.45, 2.75) is 89.3 Å². The second-order valence-corrected chi connectivity index (χ2v) is 15.7. The van der Waals surface area contributed by atoms with Crippen molar-refractivity contribution < 1.29 is 82.7 Å². The van der Waals surface area contributed by atoms with Crippen LogP contribution in [0.4, 0.5) is 4.79 Å². The van der Waals surface area contributed by atoms with E-state index in [1.165, 1.54) is 25.3 Å². The van der Waals surface area contributed by atoms with Crippen molar-refractivity contribution in [3.8, 4) is 23.0 Å². The van der Waals surface area contributed by atoms with Crippen molar-refractivity contribution in [1.29, 1.82) is 0 Å². The number of aliphatic hydroxyl groups is 3. The maximum absolute atomic E-state index is 14.0. The number of methoxy groups -OCH3 is 1. The Bertz CT molecular complexity index is 2230. The largest absolute Gasteiger partial charge is 0.507 e. The van der Waals surface area contributed by atoms with Gasteiger partial charge in [0.1, 0.15) is 35.2 Å². The lowest BCUT2D eigenvalue weighted by molar-refractivity contribution is -0.247. The fourth-order valence-corrected chi connectivity index (χ4v) is 8.11. The van der Waals surface area contributed by atoms with E-state index >= 15 is 0 Å². The molecular weight excluding hydrogens is 828 g/mol. The summed E-state index contributed by atoms with van der Waals surface area (Å²) in [7, 11) is 1.31. The molecule has 0 bridgehead atoms. The standard InChI is InChI=1S/C44H52N2O17/c1-21-14-24(15-22(2)42(21)63-31(49)8-10-58-12-13-59-11-9-47)20-60-43(55)46-19-30(48)44(56)17-26-34(29(18-44)62-32-16-27(45)37(50)23(3)61-32)41(54)36-35(39(26)52)38(51)25-6-5-7-28(57-4)33(25)40(36)53/h5-7,14-15,23,27,29,32,37,47,50,52,54,56H,8-13,16-20,45H2,1-4H3,(H,46,55)/t23?,27?,29-,32?,37?,44-/m0/s1. The second kappa shape index (κ2) is 19.9. The summed E-state index contributed by atoms with van der Waals surface area (Å²) in [6, 6.07) is 6.82. The van der Waals surface area contributed by atoms with Gasteiger partial charge < -0.3 is 69.7 Å². The van der Waals surface area contributed by atoms with Gasteiger partial charge in [0.05, 0.1) is 88.1 Å². The quantitative estimate of drug-likeness (QED) is 0.0345. The predicted octanol–water partition coefficient (Wildman–Crippen LogP) is 1.87. The minimum atomic E-state index is -2.39. The fourth-order valence-electron chi connectivity index (χ4n) is 8.11. The molecule has 1 heterocycles. The zero-order valence-corrected chi connectivity index (χ0v) is 35.3. The van der Waals surface area contributed by atoms with Gasteiger partial charge in [-0.05, 0) is 55.7 Å². The number of Topliss-reactive ketones (excluding diaryl/α,β-unsaturated/α-hetero) is 1. The van der Waals surface area contributed by atoms with Crippen LogP contribution in [0.3, 0.4) is 0 Å². The smallest absolute Gasteiger partial charge is 0.407 e. The van der Waals surface area contributed by atoms with Gasteiger partial charge in [-0.1, -0.05) is 12.1 Å². The number of nitrogens with one attached hydrogen (secondary N) is 1. The molecule has 0 spiro atoms. The van der Waals surface area contributed by atoms with Crippen molar-refractivity contribution in [2.75, 3.05) is 46.7 Å². The number of benzene rings is 3. The predicted molar refractivity (Wildman–Crippen MR) is 218 cm³/mol. The molecule has 340 valence electrons. The highest BCUT2D eigenvalue weighted by Crippen LogP contribution is 2.52. The highest BCUT2D eigenvalue weighted by Gasteiger charge is 2.50. The van der Waals surface area contributed by atoms with Crippen LogP contribution in [-0.4, -0.2) is 132 Å². The third kappa shape index (κ3) is 10.0. The van der Waals surface area contributed by atoms with Gasteiger partial charge in [-0.15, -0.1) is 0 Å². The van der Waals surface area contributed by atoms with E-state index in [1.807, 2.05) is 0 Å². The number of carbonyl (C=O) groups excluding carboxylic acids is 5. The number of aromatic hydroxyl groups is 2. The summed E-state index contributed by atoms with van der Waals surface area (Å²) in [6.07, 6.45) is -6.78. The molecule has 6 rings (SSSR count). The van der Waals surface area contributed by atoms with Crippen molar-refractivity contribution >= 4 is 29.4 Å². The molecule has 63 heavy (non-hydrogen) atoms. The topological polar surface area (TPSA) is 289 Å².